The van der Waals surface area contributed by atoms with Gasteiger partial charge >= 0.3 is 0 Å². The molecule has 0 unspecified atom stereocenters. The second kappa shape index (κ2) is 5.67. The van der Waals surface area contributed by atoms with Crippen molar-refractivity contribution in [3.63, 3.8) is 0 Å². The van der Waals surface area contributed by atoms with Crippen LogP contribution in [0.4, 0.5) is 11.4 Å². The highest BCUT2D eigenvalue weighted by Gasteiger charge is 2.07. The van der Waals surface area contributed by atoms with E-state index in [1.165, 1.54) is 12.1 Å². The number of hydrogen-bond acceptors (Lipinski definition) is 4. The Labute approximate surface area is 115 Å². The Morgan fingerprint density at radius 3 is 2.89 bits per heavy atom. The molecule has 0 fully saturated rings. The van der Waals surface area contributed by atoms with E-state index in [0.29, 0.717) is 11.7 Å². The summed E-state index contributed by atoms with van der Waals surface area (Å²) in [6, 6.07) is 8.33. The van der Waals surface area contributed by atoms with Crippen LogP contribution in [0.5, 0.6) is 0 Å². The smallest absolute Gasteiger partial charge is 0.269 e. The molecule has 1 N–H and O–H groups in total. The molecule has 0 amide bonds. The van der Waals surface area contributed by atoms with Gasteiger partial charge in [-0.15, -0.1) is 0 Å². The molecule has 0 aliphatic rings. The zero-order chi connectivity index (χ0) is 13.8. The van der Waals surface area contributed by atoms with Crippen molar-refractivity contribution < 1.29 is 4.92 Å². The molecular formula is C13H12ClN3O2. The van der Waals surface area contributed by atoms with E-state index in [0.717, 1.165) is 16.8 Å². The van der Waals surface area contributed by atoms with E-state index in [-0.39, 0.29) is 5.69 Å². The first-order valence-corrected chi connectivity index (χ1v) is 6.04. The quantitative estimate of drug-likeness (QED) is 0.527. The van der Waals surface area contributed by atoms with Gasteiger partial charge in [0.1, 0.15) is 0 Å². The number of halogens is 1. The van der Waals surface area contributed by atoms with Crippen molar-refractivity contribution in [2.75, 3.05) is 5.32 Å². The van der Waals surface area contributed by atoms with Crippen molar-refractivity contribution in [1.82, 2.24) is 4.98 Å². The Hall–Kier alpha value is -2.14. The minimum Gasteiger partial charge on any atom is -0.378 e. The Kier molecular flexibility index (Phi) is 3.97. The number of anilines is 1. The largest absolute Gasteiger partial charge is 0.378 e. The van der Waals surface area contributed by atoms with E-state index in [4.69, 9.17) is 11.6 Å². The van der Waals surface area contributed by atoms with Gasteiger partial charge in [-0.05, 0) is 24.1 Å². The standard InChI is InChI=1S/C13H12ClN3O2/c1-9-5-6-15-13(14)12(9)16-8-10-3-2-4-11(7-10)17(18)19/h2-7,16H,8H2,1H3. The summed E-state index contributed by atoms with van der Waals surface area (Å²) >= 11 is 6.00. The van der Waals surface area contributed by atoms with Crippen molar-refractivity contribution in [1.29, 1.82) is 0 Å². The van der Waals surface area contributed by atoms with Gasteiger partial charge in [-0.3, -0.25) is 10.1 Å². The van der Waals surface area contributed by atoms with Crippen molar-refractivity contribution >= 4 is 23.0 Å². The summed E-state index contributed by atoms with van der Waals surface area (Å²) in [4.78, 5) is 14.3. The summed E-state index contributed by atoms with van der Waals surface area (Å²) in [5.74, 6) is 0. The number of benzene rings is 1. The molecule has 2 rings (SSSR count). The number of pyridine rings is 1. The lowest BCUT2D eigenvalue weighted by atomic mass is 10.2. The van der Waals surface area contributed by atoms with Gasteiger partial charge in [-0.1, -0.05) is 23.7 Å². The Balaban J connectivity index is 2.15. The highest BCUT2D eigenvalue weighted by atomic mass is 35.5. The summed E-state index contributed by atoms with van der Waals surface area (Å²) < 4.78 is 0. The Bertz CT molecular complexity index is 596. The van der Waals surface area contributed by atoms with Crippen LogP contribution in [0.15, 0.2) is 36.5 Å². The predicted molar refractivity (Wildman–Crippen MR) is 74.4 cm³/mol. The monoisotopic (exact) mass is 277 g/mol. The molecule has 2 aromatic rings. The van der Waals surface area contributed by atoms with Crippen LogP contribution in [0.2, 0.25) is 5.15 Å². The first kappa shape index (κ1) is 13.3. The number of nitro benzene ring substituents is 1. The average molecular weight is 278 g/mol. The van der Waals surface area contributed by atoms with Gasteiger partial charge in [0, 0.05) is 24.9 Å². The number of nitro groups is 1. The maximum Gasteiger partial charge on any atom is 0.269 e. The first-order valence-electron chi connectivity index (χ1n) is 5.66. The summed E-state index contributed by atoms with van der Waals surface area (Å²) in [7, 11) is 0. The van der Waals surface area contributed by atoms with E-state index in [2.05, 4.69) is 10.3 Å². The fourth-order valence-corrected chi connectivity index (χ4v) is 1.98. The number of rotatable bonds is 4. The minimum absolute atomic E-state index is 0.0771. The van der Waals surface area contributed by atoms with Gasteiger partial charge in [-0.2, -0.15) is 0 Å². The number of aromatic nitrogens is 1. The second-order valence-corrected chi connectivity index (χ2v) is 4.43. The first-order chi connectivity index (χ1) is 9.08. The van der Waals surface area contributed by atoms with Gasteiger partial charge in [0.2, 0.25) is 0 Å². The molecule has 0 atom stereocenters. The lowest BCUT2D eigenvalue weighted by Crippen LogP contribution is -2.03. The lowest BCUT2D eigenvalue weighted by molar-refractivity contribution is -0.384. The second-order valence-electron chi connectivity index (χ2n) is 4.07. The molecule has 0 saturated carbocycles. The summed E-state index contributed by atoms with van der Waals surface area (Å²) in [5.41, 5.74) is 2.61. The molecule has 98 valence electrons. The summed E-state index contributed by atoms with van der Waals surface area (Å²) in [6.45, 7) is 2.37. The number of nitrogens with one attached hydrogen (secondary N) is 1. The van der Waals surface area contributed by atoms with Crippen LogP contribution in [-0.2, 0) is 6.54 Å². The highest BCUT2D eigenvalue weighted by molar-refractivity contribution is 6.32. The fourth-order valence-electron chi connectivity index (χ4n) is 1.71. The van der Waals surface area contributed by atoms with Gasteiger partial charge in [-0.25, -0.2) is 4.98 Å². The molecule has 19 heavy (non-hydrogen) atoms. The normalized spacial score (nSPS) is 10.2. The van der Waals surface area contributed by atoms with Crippen molar-refractivity contribution in [2.45, 2.75) is 13.5 Å². The third-order valence-corrected chi connectivity index (χ3v) is 2.99. The van der Waals surface area contributed by atoms with Crippen LogP contribution in [-0.4, -0.2) is 9.91 Å². The molecule has 6 heteroatoms. The van der Waals surface area contributed by atoms with Gasteiger partial charge in [0.15, 0.2) is 5.15 Å². The fraction of sp³-hybridized carbons (Fsp3) is 0.154. The van der Waals surface area contributed by atoms with Crippen molar-refractivity contribution in [2.24, 2.45) is 0 Å². The van der Waals surface area contributed by atoms with Crippen LogP contribution >= 0.6 is 11.6 Å². The zero-order valence-electron chi connectivity index (χ0n) is 10.3. The topological polar surface area (TPSA) is 68.1 Å². The van der Waals surface area contributed by atoms with Crippen molar-refractivity contribution in [3.8, 4) is 0 Å². The van der Waals surface area contributed by atoms with E-state index in [1.807, 2.05) is 19.1 Å². The minimum atomic E-state index is -0.411. The van der Waals surface area contributed by atoms with E-state index >= 15 is 0 Å². The Morgan fingerprint density at radius 2 is 2.21 bits per heavy atom. The number of hydrogen-bond donors (Lipinski definition) is 1. The Morgan fingerprint density at radius 1 is 1.42 bits per heavy atom. The maximum absolute atomic E-state index is 10.7. The number of non-ortho nitro benzene ring substituents is 1. The molecule has 0 saturated heterocycles. The SMILES string of the molecule is Cc1ccnc(Cl)c1NCc1cccc([N+](=O)[O-])c1. The molecular weight excluding hydrogens is 266 g/mol. The molecule has 5 nitrogen and oxygen atoms in total. The highest BCUT2D eigenvalue weighted by Crippen LogP contribution is 2.23. The molecule has 0 radical (unpaired) electrons. The van der Waals surface area contributed by atoms with Gasteiger partial charge in [0.25, 0.3) is 5.69 Å². The summed E-state index contributed by atoms with van der Waals surface area (Å²) in [5, 5.41) is 14.2. The van der Waals surface area contributed by atoms with Crippen LogP contribution in [0.25, 0.3) is 0 Å². The van der Waals surface area contributed by atoms with Crippen LogP contribution in [0.3, 0.4) is 0 Å². The third kappa shape index (κ3) is 3.20. The summed E-state index contributed by atoms with van der Waals surface area (Å²) in [6.07, 6.45) is 1.64. The molecule has 0 spiro atoms. The van der Waals surface area contributed by atoms with E-state index in [9.17, 15) is 10.1 Å². The zero-order valence-corrected chi connectivity index (χ0v) is 11.0. The third-order valence-electron chi connectivity index (χ3n) is 2.70. The van der Waals surface area contributed by atoms with Crippen LogP contribution in [0, 0.1) is 17.0 Å². The molecule has 1 aromatic heterocycles. The molecule has 1 aromatic carbocycles. The number of aryl methyl sites for hydroxylation is 1. The maximum atomic E-state index is 10.7. The van der Waals surface area contributed by atoms with Crippen LogP contribution < -0.4 is 5.32 Å². The molecule has 0 bridgehead atoms. The molecule has 1 heterocycles. The molecule has 0 aliphatic heterocycles. The van der Waals surface area contributed by atoms with Crippen LogP contribution in [0.1, 0.15) is 11.1 Å². The van der Waals surface area contributed by atoms with E-state index in [1.54, 1.807) is 12.3 Å². The average Bonchev–Trinajstić information content (AvgIpc) is 2.38. The predicted octanol–water partition coefficient (Wildman–Crippen LogP) is 3.56. The van der Waals surface area contributed by atoms with Gasteiger partial charge < -0.3 is 5.32 Å². The number of nitrogens with zero attached hydrogens (tertiary/aromatic N) is 2. The molecule has 0 aliphatic carbocycles. The van der Waals surface area contributed by atoms with E-state index < -0.39 is 4.92 Å². The van der Waals surface area contributed by atoms with Gasteiger partial charge in [0.05, 0.1) is 10.6 Å². The lowest BCUT2D eigenvalue weighted by Gasteiger charge is -2.10. The van der Waals surface area contributed by atoms with Crippen molar-refractivity contribution in [3.05, 3.63) is 62.9 Å².